The number of benzene rings is 1. The highest BCUT2D eigenvalue weighted by Crippen LogP contribution is 2.47. The van der Waals surface area contributed by atoms with E-state index >= 15 is 0 Å². The van der Waals surface area contributed by atoms with E-state index in [2.05, 4.69) is 254 Å². The van der Waals surface area contributed by atoms with Crippen LogP contribution in [0.4, 0.5) is 0 Å². The first-order chi connectivity index (χ1) is 36.2. The van der Waals surface area contributed by atoms with Crippen molar-refractivity contribution in [2.24, 2.45) is 27.2 Å². The van der Waals surface area contributed by atoms with Crippen molar-refractivity contribution in [1.82, 2.24) is 24.9 Å². The van der Waals surface area contributed by atoms with Crippen LogP contribution in [0.5, 0.6) is 0 Å². The fourth-order valence-corrected chi connectivity index (χ4v) is 10.4. The molecular weight excluding hydrogens is 949 g/mol. The summed E-state index contributed by atoms with van der Waals surface area (Å²) in [5, 5.41) is 0. The van der Waals surface area contributed by atoms with Gasteiger partial charge in [-0.1, -0.05) is 194 Å². The second-order valence-corrected chi connectivity index (χ2v) is 29.0. The normalized spacial score (nSPS) is 17.5. The first kappa shape index (κ1) is 64.9. The van der Waals surface area contributed by atoms with Gasteiger partial charge in [-0.3, -0.25) is 29.9 Å². The lowest BCUT2D eigenvalue weighted by Crippen LogP contribution is -2.19. The number of hydrogen-bond donors (Lipinski definition) is 0. The molecule has 3 unspecified atom stereocenters. The average Bonchev–Trinajstić information content (AvgIpc) is 4.20. The summed E-state index contributed by atoms with van der Waals surface area (Å²) in [6, 6.07) is 31.2. The molecule has 3 aliphatic carbocycles. The molecule has 6 aromatic rings. The molecule has 6 heterocycles. The number of pyridine rings is 5. The van der Waals surface area contributed by atoms with Crippen molar-refractivity contribution in [3.8, 4) is 0 Å². The van der Waals surface area contributed by atoms with Gasteiger partial charge >= 0.3 is 0 Å². The first-order valence-corrected chi connectivity index (χ1v) is 29.1. The highest BCUT2D eigenvalue weighted by Gasteiger charge is 2.36. The van der Waals surface area contributed by atoms with Gasteiger partial charge in [-0.2, -0.15) is 0 Å². The third-order valence-electron chi connectivity index (χ3n) is 15.3. The van der Waals surface area contributed by atoms with Gasteiger partial charge in [0, 0.05) is 90.6 Å². The van der Waals surface area contributed by atoms with Gasteiger partial charge in [-0.05, 0) is 164 Å². The van der Waals surface area contributed by atoms with Crippen LogP contribution < -0.4 is 0 Å². The van der Waals surface area contributed by atoms with Gasteiger partial charge in [0.15, 0.2) is 0 Å². The highest BCUT2D eigenvalue weighted by molar-refractivity contribution is 5.68. The minimum Gasteiger partial charge on any atom is -0.265 e. The lowest BCUT2D eigenvalue weighted by Gasteiger charge is -2.28. The van der Waals surface area contributed by atoms with Crippen LogP contribution in [-0.4, -0.2) is 31.1 Å². The molecule has 1 aliphatic heterocycles. The Hall–Kier alpha value is -5.62. The van der Waals surface area contributed by atoms with Crippen LogP contribution in [0.1, 0.15) is 234 Å². The second kappa shape index (κ2) is 28.0. The Morgan fingerprint density at radius 3 is 1.36 bits per heavy atom. The predicted octanol–water partition coefficient (Wildman–Crippen LogP) is 19.6. The van der Waals surface area contributed by atoms with Gasteiger partial charge in [0.25, 0.3) is 0 Å². The molecule has 0 amide bonds. The number of allylic oxidation sites excluding steroid dienone is 2. The van der Waals surface area contributed by atoms with Crippen LogP contribution in [0.25, 0.3) is 0 Å². The van der Waals surface area contributed by atoms with Crippen molar-refractivity contribution in [3.63, 3.8) is 0 Å². The summed E-state index contributed by atoms with van der Waals surface area (Å²) in [5.74, 6) is 2.15. The van der Waals surface area contributed by atoms with E-state index in [1.165, 1.54) is 83.3 Å². The Balaban J connectivity index is 0.000000197. The van der Waals surface area contributed by atoms with E-state index in [4.69, 9.17) is 0 Å². The molecule has 422 valence electrons. The minimum absolute atomic E-state index is 0.182. The lowest BCUT2D eigenvalue weighted by atomic mass is 9.76. The van der Waals surface area contributed by atoms with Gasteiger partial charge in [-0.25, -0.2) is 0 Å². The topological polar surface area (TPSA) is 76.8 Å². The van der Waals surface area contributed by atoms with Crippen molar-refractivity contribution in [3.05, 3.63) is 197 Å². The Labute approximate surface area is 476 Å². The van der Waals surface area contributed by atoms with Crippen LogP contribution in [0.2, 0.25) is 0 Å². The van der Waals surface area contributed by atoms with Gasteiger partial charge in [0.05, 0.1) is 0 Å². The molecule has 0 spiro atoms. The quantitative estimate of drug-likeness (QED) is 0.151. The summed E-state index contributed by atoms with van der Waals surface area (Å²) in [6.07, 6.45) is 25.9. The molecule has 6 nitrogen and oxygen atoms in total. The molecule has 0 N–H and O–H groups in total. The zero-order chi connectivity index (χ0) is 58.2. The summed E-state index contributed by atoms with van der Waals surface area (Å²) in [6.45, 7) is 47.2. The smallest absolute Gasteiger partial charge is 0.0471 e. The van der Waals surface area contributed by atoms with Gasteiger partial charge in [0.2, 0.25) is 0 Å². The fraction of sp³-hybridized carbons (Fsp3) is 0.528. The van der Waals surface area contributed by atoms with E-state index in [1.54, 1.807) is 11.8 Å². The molecule has 3 atom stereocenters. The number of aliphatic imine (C=N–C) groups is 1. The standard InChI is InChI=1S/2C12H17N.C11H17N.C10H14.3C9H13N/c1-12(2,3)11-5-4-9-6-7-13-8-10(9)11;1-12(2,3)10-7-6-9-5-4-8-13-11(9)10;1-11(2,3)9-4-5-10-8(9)6-7-12-10;1-10(2,3)9-7-5-4-6-8-9;1-9(2,3)8-4-6-10-7-5-8;1-9(2,3)8-5-4-6-10-7-8;1-9(2,3)8-6-4-5-7-10-8/h6-8,11H,4-5H2,1-3H3;4-5,8,10H,6-7H2,1-3H3;7,9H,4-6H2,1-3H3;4-8H,1-3H3;3*4-7H,1-3H3. The van der Waals surface area contributed by atoms with Crippen LogP contribution >= 0.6 is 0 Å². The van der Waals surface area contributed by atoms with E-state index in [0.29, 0.717) is 33.5 Å². The maximum atomic E-state index is 4.51. The largest absolute Gasteiger partial charge is 0.265 e. The maximum Gasteiger partial charge on any atom is 0.0471 e. The molecule has 0 saturated carbocycles. The molecular formula is C72H104N6. The number of rotatable bonds is 0. The van der Waals surface area contributed by atoms with E-state index in [0.717, 1.165) is 18.0 Å². The highest BCUT2D eigenvalue weighted by atomic mass is 14.8. The molecule has 78 heavy (non-hydrogen) atoms. The van der Waals surface area contributed by atoms with Gasteiger partial charge < -0.3 is 0 Å². The molecule has 0 bridgehead atoms. The Kier molecular flexibility index (Phi) is 23.3. The maximum absolute atomic E-state index is 4.51. The number of aromatic nitrogens is 5. The predicted molar refractivity (Wildman–Crippen MR) is 336 cm³/mol. The number of aryl methyl sites for hydroxylation is 2. The van der Waals surface area contributed by atoms with Crippen LogP contribution in [0.15, 0.2) is 157 Å². The Bertz CT molecular complexity index is 2460. The monoisotopic (exact) mass is 1050 g/mol. The second-order valence-electron chi connectivity index (χ2n) is 29.0. The van der Waals surface area contributed by atoms with Crippen LogP contribution in [0.3, 0.4) is 0 Å². The number of hydrogen-bond acceptors (Lipinski definition) is 6. The summed E-state index contributed by atoms with van der Waals surface area (Å²) in [4.78, 5) is 25.4. The molecule has 1 aromatic carbocycles. The van der Waals surface area contributed by atoms with E-state index in [-0.39, 0.29) is 16.2 Å². The Morgan fingerprint density at radius 1 is 0.372 bits per heavy atom. The average molecular weight is 1050 g/mol. The first-order valence-electron chi connectivity index (χ1n) is 29.1. The number of fused-ring (bicyclic) bond motifs is 2. The zero-order valence-corrected chi connectivity index (χ0v) is 52.7. The summed E-state index contributed by atoms with van der Waals surface area (Å²) >= 11 is 0. The third kappa shape index (κ3) is 20.9. The van der Waals surface area contributed by atoms with Crippen molar-refractivity contribution < 1.29 is 0 Å². The summed E-state index contributed by atoms with van der Waals surface area (Å²) in [7, 11) is 0. The van der Waals surface area contributed by atoms with Crippen molar-refractivity contribution in [2.75, 3.05) is 0 Å². The molecule has 5 aromatic heterocycles. The molecule has 0 saturated heterocycles. The molecule has 0 fully saturated rings. The summed E-state index contributed by atoms with van der Waals surface area (Å²) in [5.41, 5.74) is 16.1. The Morgan fingerprint density at radius 2 is 0.872 bits per heavy atom. The zero-order valence-electron chi connectivity index (χ0n) is 52.7. The van der Waals surface area contributed by atoms with Gasteiger partial charge in [0.1, 0.15) is 0 Å². The third-order valence-corrected chi connectivity index (χ3v) is 15.3. The summed E-state index contributed by atoms with van der Waals surface area (Å²) < 4.78 is 0. The molecule has 10 rings (SSSR count). The lowest BCUT2D eigenvalue weighted by molar-refractivity contribution is 0.276. The van der Waals surface area contributed by atoms with E-state index < -0.39 is 0 Å². The SMILES string of the molecule is CC(C)(C)C1CCC2=C1CC=N2.CC(C)(C)C1CCc2cccnc21.CC(C)(C)C1CCc2ccncc21.CC(C)(C)c1ccccc1.CC(C)(C)c1ccccn1.CC(C)(C)c1cccnc1.CC(C)(C)c1ccncc1. The fourth-order valence-electron chi connectivity index (χ4n) is 10.4. The van der Waals surface area contributed by atoms with Crippen molar-refractivity contribution in [1.29, 1.82) is 0 Å². The van der Waals surface area contributed by atoms with Crippen molar-refractivity contribution >= 4 is 6.21 Å². The minimum atomic E-state index is 0.182. The van der Waals surface area contributed by atoms with E-state index in [1.807, 2.05) is 61.4 Å². The van der Waals surface area contributed by atoms with Gasteiger partial charge in [-0.15, -0.1) is 0 Å². The number of nitrogens with zero attached hydrogens (tertiary/aromatic N) is 6. The van der Waals surface area contributed by atoms with Crippen LogP contribution in [-0.2, 0) is 34.5 Å². The molecule has 0 radical (unpaired) electrons. The molecule has 4 aliphatic rings. The molecule has 6 heteroatoms. The van der Waals surface area contributed by atoms with Crippen LogP contribution in [0, 0.1) is 22.2 Å². The van der Waals surface area contributed by atoms with Crippen molar-refractivity contribution in [2.45, 2.75) is 224 Å². The van der Waals surface area contributed by atoms with E-state index in [9.17, 15) is 0 Å².